The molecule has 0 radical (unpaired) electrons. The Morgan fingerprint density at radius 3 is 2.80 bits per heavy atom. The number of hydrogen-bond acceptors (Lipinski definition) is 2. The molecule has 0 aliphatic heterocycles. The second kappa shape index (κ2) is 6.66. The minimum atomic E-state index is -0.175. The number of halogens is 1. The fraction of sp³-hybridized carbons (Fsp3) is 0.438. The standard InChI is InChI=1S/C16H22FN3/c1-4-18-15(7-8-16-19-9-10-20(16)3)14-6-5-13(17)11-12(14)2/h5-6,9-11,15,18H,4,7-8H2,1-3H3. The van der Waals surface area contributed by atoms with E-state index in [1.54, 1.807) is 6.07 Å². The van der Waals surface area contributed by atoms with E-state index in [4.69, 9.17) is 0 Å². The topological polar surface area (TPSA) is 29.9 Å². The van der Waals surface area contributed by atoms with E-state index >= 15 is 0 Å². The number of imidazole rings is 1. The van der Waals surface area contributed by atoms with Gasteiger partial charge in [-0.15, -0.1) is 0 Å². The van der Waals surface area contributed by atoms with Gasteiger partial charge in [-0.2, -0.15) is 0 Å². The van der Waals surface area contributed by atoms with E-state index in [0.29, 0.717) is 0 Å². The molecule has 1 aromatic heterocycles. The van der Waals surface area contributed by atoms with Crippen LogP contribution in [0.4, 0.5) is 4.39 Å². The van der Waals surface area contributed by atoms with Gasteiger partial charge in [0.15, 0.2) is 0 Å². The zero-order valence-corrected chi connectivity index (χ0v) is 12.4. The van der Waals surface area contributed by atoms with E-state index in [1.165, 1.54) is 11.6 Å². The Labute approximate surface area is 119 Å². The van der Waals surface area contributed by atoms with Gasteiger partial charge in [0, 0.05) is 31.9 Å². The van der Waals surface area contributed by atoms with Gasteiger partial charge in [0.2, 0.25) is 0 Å². The minimum Gasteiger partial charge on any atom is -0.338 e. The van der Waals surface area contributed by atoms with Crippen molar-refractivity contribution in [1.82, 2.24) is 14.9 Å². The monoisotopic (exact) mass is 275 g/mol. The third-order valence-electron chi connectivity index (χ3n) is 3.64. The molecular weight excluding hydrogens is 253 g/mol. The van der Waals surface area contributed by atoms with Gasteiger partial charge in [-0.3, -0.25) is 0 Å². The molecule has 0 fully saturated rings. The van der Waals surface area contributed by atoms with Crippen molar-refractivity contribution in [3.8, 4) is 0 Å². The van der Waals surface area contributed by atoms with E-state index in [9.17, 15) is 4.39 Å². The Morgan fingerprint density at radius 1 is 1.40 bits per heavy atom. The molecule has 0 saturated carbocycles. The lowest BCUT2D eigenvalue weighted by Crippen LogP contribution is -2.22. The summed E-state index contributed by atoms with van der Waals surface area (Å²) in [5.74, 6) is 0.901. The fourth-order valence-electron chi connectivity index (χ4n) is 2.55. The highest BCUT2D eigenvalue weighted by Gasteiger charge is 2.14. The van der Waals surface area contributed by atoms with Gasteiger partial charge in [0.05, 0.1) is 0 Å². The predicted molar refractivity (Wildman–Crippen MR) is 79.1 cm³/mol. The maximum absolute atomic E-state index is 13.2. The lowest BCUT2D eigenvalue weighted by Gasteiger charge is -2.20. The largest absolute Gasteiger partial charge is 0.338 e. The summed E-state index contributed by atoms with van der Waals surface area (Å²) in [6.45, 7) is 4.94. The first-order valence-corrected chi connectivity index (χ1v) is 7.07. The SMILES string of the molecule is CCNC(CCc1nccn1C)c1ccc(F)cc1C. The van der Waals surface area contributed by atoms with Gasteiger partial charge in [-0.1, -0.05) is 13.0 Å². The zero-order valence-electron chi connectivity index (χ0n) is 12.4. The number of hydrogen-bond donors (Lipinski definition) is 1. The van der Waals surface area contributed by atoms with E-state index in [0.717, 1.165) is 30.8 Å². The van der Waals surface area contributed by atoms with Crippen molar-refractivity contribution in [2.45, 2.75) is 32.7 Å². The van der Waals surface area contributed by atoms with Gasteiger partial charge in [-0.05, 0) is 43.1 Å². The Hall–Kier alpha value is -1.68. The summed E-state index contributed by atoms with van der Waals surface area (Å²) in [6, 6.07) is 5.25. The molecule has 2 aromatic rings. The van der Waals surface area contributed by atoms with Crippen LogP contribution in [0.25, 0.3) is 0 Å². The summed E-state index contributed by atoms with van der Waals surface area (Å²) in [6.07, 6.45) is 5.63. The first kappa shape index (κ1) is 14.7. The van der Waals surface area contributed by atoms with Crippen LogP contribution >= 0.6 is 0 Å². The average molecular weight is 275 g/mol. The van der Waals surface area contributed by atoms with Crippen molar-refractivity contribution in [2.24, 2.45) is 7.05 Å². The van der Waals surface area contributed by atoms with Crippen molar-refractivity contribution in [1.29, 1.82) is 0 Å². The lowest BCUT2D eigenvalue weighted by molar-refractivity contribution is 0.502. The molecule has 0 saturated heterocycles. The van der Waals surface area contributed by atoms with Crippen LogP contribution in [0.1, 0.15) is 36.3 Å². The highest BCUT2D eigenvalue weighted by atomic mass is 19.1. The van der Waals surface area contributed by atoms with Crippen molar-refractivity contribution in [3.63, 3.8) is 0 Å². The van der Waals surface area contributed by atoms with Crippen LogP contribution in [0.2, 0.25) is 0 Å². The van der Waals surface area contributed by atoms with Crippen molar-refractivity contribution in [2.75, 3.05) is 6.54 Å². The van der Waals surface area contributed by atoms with Crippen LogP contribution in [0, 0.1) is 12.7 Å². The molecule has 3 nitrogen and oxygen atoms in total. The number of aromatic nitrogens is 2. The van der Waals surface area contributed by atoms with Crippen LogP contribution in [0.5, 0.6) is 0 Å². The number of nitrogens with one attached hydrogen (secondary N) is 1. The van der Waals surface area contributed by atoms with Gasteiger partial charge in [0.1, 0.15) is 11.6 Å². The molecule has 20 heavy (non-hydrogen) atoms. The zero-order chi connectivity index (χ0) is 14.5. The summed E-state index contributed by atoms with van der Waals surface area (Å²) in [5, 5.41) is 3.48. The second-order valence-corrected chi connectivity index (χ2v) is 5.10. The molecule has 0 bridgehead atoms. The van der Waals surface area contributed by atoms with Gasteiger partial charge < -0.3 is 9.88 Å². The third kappa shape index (κ3) is 3.45. The summed E-state index contributed by atoms with van der Waals surface area (Å²) in [5.41, 5.74) is 2.17. The fourth-order valence-corrected chi connectivity index (χ4v) is 2.55. The molecule has 1 aromatic carbocycles. The smallest absolute Gasteiger partial charge is 0.123 e. The number of benzene rings is 1. The maximum Gasteiger partial charge on any atom is 0.123 e. The molecule has 1 atom stereocenters. The summed E-state index contributed by atoms with van der Waals surface area (Å²) in [7, 11) is 2.01. The summed E-state index contributed by atoms with van der Waals surface area (Å²) in [4.78, 5) is 4.35. The van der Waals surface area contributed by atoms with Gasteiger partial charge in [0.25, 0.3) is 0 Å². The van der Waals surface area contributed by atoms with Gasteiger partial charge >= 0.3 is 0 Å². The number of aryl methyl sites for hydroxylation is 3. The van der Waals surface area contributed by atoms with Gasteiger partial charge in [-0.25, -0.2) is 9.37 Å². The minimum absolute atomic E-state index is 0.175. The third-order valence-corrected chi connectivity index (χ3v) is 3.64. The molecule has 1 heterocycles. The first-order valence-electron chi connectivity index (χ1n) is 7.07. The summed E-state index contributed by atoms with van der Waals surface area (Å²) >= 11 is 0. The highest BCUT2D eigenvalue weighted by Crippen LogP contribution is 2.23. The highest BCUT2D eigenvalue weighted by molar-refractivity contribution is 5.29. The van der Waals surface area contributed by atoms with E-state index in [-0.39, 0.29) is 11.9 Å². The molecule has 2 rings (SSSR count). The predicted octanol–water partition coefficient (Wildman–Crippen LogP) is 3.15. The summed E-state index contributed by atoms with van der Waals surface area (Å²) < 4.78 is 15.3. The van der Waals surface area contributed by atoms with E-state index in [2.05, 4.69) is 17.2 Å². The molecule has 108 valence electrons. The molecular formula is C16H22FN3. The molecule has 0 aliphatic rings. The quantitative estimate of drug-likeness (QED) is 0.877. The lowest BCUT2D eigenvalue weighted by atomic mass is 9.97. The van der Waals surface area contributed by atoms with E-state index in [1.807, 2.05) is 37.0 Å². The van der Waals surface area contributed by atoms with Crippen molar-refractivity contribution < 1.29 is 4.39 Å². The number of nitrogens with zero attached hydrogens (tertiary/aromatic N) is 2. The van der Waals surface area contributed by atoms with E-state index < -0.39 is 0 Å². The van der Waals surface area contributed by atoms with Crippen LogP contribution in [0.15, 0.2) is 30.6 Å². The maximum atomic E-state index is 13.2. The van der Waals surface area contributed by atoms with Crippen LogP contribution in [-0.2, 0) is 13.5 Å². The first-order chi connectivity index (χ1) is 9.61. The van der Waals surface area contributed by atoms with Crippen molar-refractivity contribution >= 4 is 0 Å². The van der Waals surface area contributed by atoms with Crippen LogP contribution in [0.3, 0.4) is 0 Å². The molecule has 1 unspecified atom stereocenters. The average Bonchev–Trinajstić information content (AvgIpc) is 2.81. The van der Waals surface area contributed by atoms with Crippen molar-refractivity contribution in [3.05, 3.63) is 53.4 Å². The molecule has 0 amide bonds. The second-order valence-electron chi connectivity index (χ2n) is 5.10. The van der Waals surface area contributed by atoms with Crippen LogP contribution < -0.4 is 5.32 Å². The Bertz CT molecular complexity index is 563. The molecule has 0 spiro atoms. The Morgan fingerprint density at radius 2 is 2.20 bits per heavy atom. The Balaban J connectivity index is 2.12. The molecule has 1 N–H and O–H groups in total. The number of rotatable bonds is 6. The van der Waals surface area contributed by atoms with Crippen LogP contribution in [-0.4, -0.2) is 16.1 Å². The normalized spacial score (nSPS) is 12.6. The Kier molecular flexibility index (Phi) is 4.90. The molecule has 0 aliphatic carbocycles. The molecule has 4 heteroatoms.